The first kappa shape index (κ1) is 18.9. The predicted molar refractivity (Wildman–Crippen MR) is 103 cm³/mol. The van der Waals surface area contributed by atoms with Crippen LogP contribution in [0.15, 0.2) is 23.8 Å². The zero-order valence-corrected chi connectivity index (χ0v) is 16.7. The minimum atomic E-state index is -0.270. The van der Waals surface area contributed by atoms with Gasteiger partial charge in [0.05, 0.1) is 13.0 Å². The number of allylic oxidation sites excluding steroid dienone is 4. The lowest BCUT2D eigenvalue weighted by atomic mass is 9.48. The van der Waals surface area contributed by atoms with Crippen molar-refractivity contribution in [3.05, 3.63) is 23.8 Å². The molecule has 0 radical (unpaired) electrons. The lowest BCUT2D eigenvalue weighted by Gasteiger charge is -2.56. The SMILES string of the molecule is C[C@@H]1C[C@H]2[C@@H]3CCC4=CC(=O)C=C[C@]4(C)[C@H]3CC[C@]2(C)C1OC(=O)CCO. The first-order chi connectivity index (χ1) is 12.8. The molecule has 1 N–H and O–H groups in total. The maximum atomic E-state index is 12.1. The highest BCUT2D eigenvalue weighted by Gasteiger charge is 2.61. The molecule has 3 saturated carbocycles. The Morgan fingerprint density at radius 2 is 2.07 bits per heavy atom. The highest BCUT2D eigenvalue weighted by atomic mass is 16.5. The third-order valence-electron chi connectivity index (χ3n) is 8.36. The molecule has 1 unspecified atom stereocenters. The summed E-state index contributed by atoms with van der Waals surface area (Å²) in [5, 5.41) is 9.05. The first-order valence-electron chi connectivity index (χ1n) is 10.5. The number of ketones is 1. The lowest BCUT2D eigenvalue weighted by Crippen LogP contribution is -2.51. The van der Waals surface area contributed by atoms with Crippen molar-refractivity contribution in [2.45, 2.75) is 65.4 Å². The number of carbonyl (C=O) groups excluding carboxylic acids is 2. The summed E-state index contributed by atoms with van der Waals surface area (Å²) in [4.78, 5) is 23.9. The lowest BCUT2D eigenvalue weighted by molar-refractivity contribution is -0.162. The molecular weight excluding hydrogens is 340 g/mol. The van der Waals surface area contributed by atoms with E-state index in [1.165, 1.54) is 5.57 Å². The molecule has 0 bridgehead atoms. The van der Waals surface area contributed by atoms with Gasteiger partial charge in [0.15, 0.2) is 5.78 Å². The number of carbonyl (C=O) groups is 2. The van der Waals surface area contributed by atoms with Crippen LogP contribution >= 0.6 is 0 Å². The molecule has 0 aromatic heterocycles. The van der Waals surface area contributed by atoms with Gasteiger partial charge in [0, 0.05) is 10.8 Å². The van der Waals surface area contributed by atoms with E-state index in [1.54, 1.807) is 6.08 Å². The molecule has 4 aliphatic carbocycles. The zero-order valence-electron chi connectivity index (χ0n) is 16.7. The summed E-state index contributed by atoms with van der Waals surface area (Å²) >= 11 is 0. The second-order valence-electron chi connectivity index (χ2n) is 9.75. The molecule has 4 aliphatic rings. The number of rotatable bonds is 3. The van der Waals surface area contributed by atoms with E-state index in [1.807, 2.05) is 6.08 Å². The number of ether oxygens (including phenoxy) is 1. The molecule has 0 heterocycles. The Hall–Kier alpha value is -1.42. The molecule has 4 nitrogen and oxygen atoms in total. The zero-order chi connectivity index (χ0) is 19.4. The van der Waals surface area contributed by atoms with Crippen molar-refractivity contribution in [3.8, 4) is 0 Å². The maximum Gasteiger partial charge on any atom is 0.308 e. The van der Waals surface area contributed by atoms with Crippen molar-refractivity contribution < 1.29 is 19.4 Å². The topological polar surface area (TPSA) is 63.6 Å². The van der Waals surface area contributed by atoms with E-state index >= 15 is 0 Å². The standard InChI is InChI=1S/C23H32O4/c1-14-12-19-17-5-4-15-13-16(25)6-9-22(15,2)18(17)7-10-23(19,3)21(14)27-20(26)8-11-24/h6,9,13-14,17-19,21,24H,4-5,7-8,10-12H2,1-3H3/t14-,17-,18+,19+,21?,22+,23+/m1/s1. The summed E-state index contributed by atoms with van der Waals surface area (Å²) in [5.41, 5.74) is 1.35. The smallest absolute Gasteiger partial charge is 0.308 e. The highest BCUT2D eigenvalue weighted by Crippen LogP contribution is 2.65. The van der Waals surface area contributed by atoms with Crippen molar-refractivity contribution >= 4 is 11.8 Å². The number of aliphatic hydroxyl groups is 1. The molecule has 4 heteroatoms. The summed E-state index contributed by atoms with van der Waals surface area (Å²) in [6, 6.07) is 0. The Bertz CT molecular complexity index is 707. The quantitative estimate of drug-likeness (QED) is 0.765. The monoisotopic (exact) mass is 372 g/mol. The molecule has 148 valence electrons. The van der Waals surface area contributed by atoms with Gasteiger partial charge in [0.25, 0.3) is 0 Å². The van der Waals surface area contributed by atoms with Gasteiger partial charge < -0.3 is 9.84 Å². The molecule has 0 aliphatic heterocycles. The van der Waals surface area contributed by atoms with Crippen LogP contribution in [0.2, 0.25) is 0 Å². The molecule has 27 heavy (non-hydrogen) atoms. The van der Waals surface area contributed by atoms with Crippen LogP contribution in [0.5, 0.6) is 0 Å². The average molecular weight is 373 g/mol. The largest absolute Gasteiger partial charge is 0.461 e. The number of aliphatic hydroxyl groups excluding tert-OH is 1. The molecule has 3 fully saturated rings. The number of hydrogen-bond acceptors (Lipinski definition) is 4. The van der Waals surface area contributed by atoms with Crippen molar-refractivity contribution in [2.24, 2.45) is 34.5 Å². The van der Waals surface area contributed by atoms with E-state index in [9.17, 15) is 9.59 Å². The Labute approximate surface area is 162 Å². The van der Waals surface area contributed by atoms with Crippen LogP contribution in [-0.4, -0.2) is 29.6 Å². The van der Waals surface area contributed by atoms with Crippen LogP contribution in [0.4, 0.5) is 0 Å². The number of esters is 1. The van der Waals surface area contributed by atoms with Crippen molar-refractivity contribution in [1.29, 1.82) is 0 Å². The van der Waals surface area contributed by atoms with E-state index < -0.39 is 0 Å². The van der Waals surface area contributed by atoms with Crippen LogP contribution in [0.25, 0.3) is 0 Å². The second-order valence-corrected chi connectivity index (χ2v) is 9.75. The Balaban J connectivity index is 1.60. The summed E-state index contributed by atoms with van der Waals surface area (Å²) in [7, 11) is 0. The molecule has 0 spiro atoms. The Kier molecular flexibility index (Phi) is 4.61. The van der Waals surface area contributed by atoms with Gasteiger partial charge in [-0.15, -0.1) is 0 Å². The summed E-state index contributed by atoms with van der Waals surface area (Å²) < 4.78 is 5.89. The molecule has 0 aromatic rings. The Morgan fingerprint density at radius 3 is 2.81 bits per heavy atom. The van der Waals surface area contributed by atoms with Crippen LogP contribution in [0.1, 0.15) is 59.3 Å². The average Bonchev–Trinajstić information content (AvgIpc) is 2.87. The van der Waals surface area contributed by atoms with Gasteiger partial charge in [-0.25, -0.2) is 0 Å². The van der Waals surface area contributed by atoms with Crippen LogP contribution in [-0.2, 0) is 14.3 Å². The van der Waals surface area contributed by atoms with Gasteiger partial charge in [-0.2, -0.15) is 0 Å². The second kappa shape index (κ2) is 6.58. The van der Waals surface area contributed by atoms with Crippen LogP contribution < -0.4 is 0 Å². The number of fused-ring (bicyclic) bond motifs is 5. The predicted octanol–water partition coefficient (Wildman–Crippen LogP) is 3.83. The highest BCUT2D eigenvalue weighted by molar-refractivity contribution is 6.01. The van der Waals surface area contributed by atoms with Gasteiger partial charge in [-0.3, -0.25) is 9.59 Å². The van der Waals surface area contributed by atoms with Crippen molar-refractivity contribution in [3.63, 3.8) is 0 Å². The van der Waals surface area contributed by atoms with E-state index in [0.717, 1.165) is 32.1 Å². The van der Waals surface area contributed by atoms with Gasteiger partial charge in [-0.1, -0.05) is 32.4 Å². The number of hydrogen-bond donors (Lipinski definition) is 1. The fourth-order valence-corrected chi connectivity index (χ4v) is 7.06. The first-order valence-corrected chi connectivity index (χ1v) is 10.5. The minimum Gasteiger partial charge on any atom is -0.461 e. The van der Waals surface area contributed by atoms with Gasteiger partial charge in [-0.05, 0) is 67.9 Å². The molecule has 4 rings (SSSR count). The van der Waals surface area contributed by atoms with E-state index in [2.05, 4.69) is 26.8 Å². The molecule has 0 amide bonds. The third kappa shape index (κ3) is 2.83. The van der Waals surface area contributed by atoms with Gasteiger partial charge >= 0.3 is 5.97 Å². The summed E-state index contributed by atoms with van der Waals surface area (Å²) in [6.07, 6.45) is 11.3. The maximum absolute atomic E-state index is 12.1. The molecular formula is C23H32O4. The van der Waals surface area contributed by atoms with Crippen LogP contribution in [0.3, 0.4) is 0 Å². The Morgan fingerprint density at radius 1 is 1.30 bits per heavy atom. The van der Waals surface area contributed by atoms with Crippen LogP contribution in [0, 0.1) is 34.5 Å². The molecule has 7 atom stereocenters. The van der Waals surface area contributed by atoms with Gasteiger partial charge in [0.2, 0.25) is 0 Å². The molecule has 0 saturated heterocycles. The minimum absolute atomic E-state index is 0.00699. The third-order valence-corrected chi connectivity index (χ3v) is 8.36. The van der Waals surface area contributed by atoms with Crippen molar-refractivity contribution in [2.75, 3.05) is 6.61 Å². The normalized spacial score (nSPS) is 45.6. The fraction of sp³-hybridized carbons (Fsp3) is 0.739. The van der Waals surface area contributed by atoms with E-state index in [-0.39, 0.29) is 41.7 Å². The van der Waals surface area contributed by atoms with Gasteiger partial charge in [0.1, 0.15) is 6.10 Å². The summed E-state index contributed by atoms with van der Waals surface area (Å²) in [5.74, 6) is 1.96. The van der Waals surface area contributed by atoms with E-state index in [4.69, 9.17) is 9.84 Å². The summed E-state index contributed by atoms with van der Waals surface area (Å²) in [6.45, 7) is 6.70. The molecule has 0 aromatic carbocycles. The fourth-order valence-electron chi connectivity index (χ4n) is 7.06. The van der Waals surface area contributed by atoms with Crippen molar-refractivity contribution in [1.82, 2.24) is 0 Å². The van der Waals surface area contributed by atoms with E-state index in [0.29, 0.717) is 23.7 Å².